The molecular formula is C33H30Cl2FN5O3. The number of nitrogens with one attached hydrogen (secondary N) is 2. The molecule has 4 heterocycles. The molecule has 0 unspecified atom stereocenters. The number of aromatic nitrogens is 2. The Kier molecular flexibility index (Phi) is 6.54. The largest absolute Gasteiger partial charge is 0.395 e. The molecule has 1 aliphatic carbocycles. The van der Waals surface area contributed by atoms with E-state index < -0.39 is 17.3 Å². The molecule has 44 heavy (non-hydrogen) atoms. The summed E-state index contributed by atoms with van der Waals surface area (Å²) >= 11 is 12.8. The molecule has 4 atom stereocenters. The molecule has 4 aromatic rings. The van der Waals surface area contributed by atoms with Crippen molar-refractivity contribution >= 4 is 51.7 Å². The summed E-state index contributed by atoms with van der Waals surface area (Å²) in [6.45, 7) is 1.38. The number of rotatable bonds is 6. The maximum absolute atomic E-state index is 16.2. The van der Waals surface area contributed by atoms with E-state index in [-0.39, 0.29) is 41.9 Å². The van der Waals surface area contributed by atoms with Crippen LogP contribution in [-0.2, 0) is 16.9 Å². The molecule has 3 N–H and O–H groups in total. The smallest absolute Gasteiger partial charge is 0.251 e. The van der Waals surface area contributed by atoms with Gasteiger partial charge >= 0.3 is 0 Å². The molecule has 11 heteroatoms. The van der Waals surface area contributed by atoms with Crippen LogP contribution in [0, 0.1) is 11.7 Å². The summed E-state index contributed by atoms with van der Waals surface area (Å²) < 4.78 is 18.4. The summed E-state index contributed by atoms with van der Waals surface area (Å²) in [6, 6.07) is 15.8. The standard InChI is InChI=1S/C33H30Cl2FN5O3/c34-19-7-8-21-23(15-19)39-32(44)33(21)28(20-2-1-3-22(35)29(20)36)27-26(41(33)16-17-4-5-17)10-12-40-25-9-6-18(31(43)37-11-13-42)14-24(25)38-30(27)40/h1-3,6-9,14-15,17,26-28,42H,4-5,10-13,16H2,(H,37,43)(H,39,44)/t26-,27+,28-,33+/m0/s1. The van der Waals surface area contributed by atoms with Crippen LogP contribution >= 0.6 is 23.2 Å². The number of halogens is 3. The van der Waals surface area contributed by atoms with Crippen molar-refractivity contribution in [1.82, 2.24) is 19.8 Å². The van der Waals surface area contributed by atoms with Gasteiger partial charge in [-0.05, 0) is 67.1 Å². The average Bonchev–Trinajstić information content (AvgIpc) is 3.60. The third kappa shape index (κ3) is 3.99. The van der Waals surface area contributed by atoms with Gasteiger partial charge in [0, 0.05) is 59.3 Å². The van der Waals surface area contributed by atoms with Crippen molar-refractivity contribution in [2.24, 2.45) is 5.92 Å². The topological polar surface area (TPSA) is 99.5 Å². The van der Waals surface area contributed by atoms with E-state index in [4.69, 9.17) is 33.3 Å². The van der Waals surface area contributed by atoms with Crippen LogP contribution in [0.2, 0.25) is 10.0 Å². The number of aliphatic hydroxyl groups is 1. The lowest BCUT2D eigenvalue weighted by molar-refractivity contribution is -0.128. The highest BCUT2D eigenvalue weighted by Crippen LogP contribution is 2.64. The van der Waals surface area contributed by atoms with Gasteiger partial charge in [-0.25, -0.2) is 9.37 Å². The van der Waals surface area contributed by atoms with Gasteiger partial charge in [-0.1, -0.05) is 41.4 Å². The van der Waals surface area contributed by atoms with Gasteiger partial charge in [-0.3, -0.25) is 14.5 Å². The Morgan fingerprint density at radius 2 is 1.98 bits per heavy atom. The van der Waals surface area contributed by atoms with Crippen molar-refractivity contribution in [3.8, 4) is 0 Å². The molecule has 2 amide bonds. The number of aliphatic hydroxyl groups excluding tert-OH is 1. The van der Waals surface area contributed by atoms with Gasteiger partial charge in [0.05, 0.1) is 22.7 Å². The van der Waals surface area contributed by atoms with Gasteiger partial charge in [0.25, 0.3) is 5.91 Å². The maximum atomic E-state index is 16.2. The fourth-order valence-electron chi connectivity index (χ4n) is 8.01. The summed E-state index contributed by atoms with van der Waals surface area (Å²) in [4.78, 5) is 34.7. The first-order chi connectivity index (χ1) is 21.3. The maximum Gasteiger partial charge on any atom is 0.251 e. The van der Waals surface area contributed by atoms with Crippen LogP contribution in [0.15, 0.2) is 54.6 Å². The lowest BCUT2D eigenvalue weighted by atomic mass is 9.70. The van der Waals surface area contributed by atoms with Gasteiger partial charge in [-0.15, -0.1) is 0 Å². The highest BCUT2D eigenvalue weighted by atomic mass is 35.5. The molecular weight excluding hydrogens is 604 g/mol. The first-order valence-corrected chi connectivity index (χ1v) is 15.8. The fourth-order valence-corrected chi connectivity index (χ4v) is 8.36. The molecule has 0 bridgehead atoms. The number of nitrogens with zero attached hydrogens (tertiary/aromatic N) is 3. The van der Waals surface area contributed by atoms with Crippen LogP contribution in [0.1, 0.15) is 58.4 Å². The fraction of sp³-hybridized carbons (Fsp3) is 0.364. The highest BCUT2D eigenvalue weighted by molar-refractivity contribution is 6.31. The molecule has 1 saturated carbocycles. The van der Waals surface area contributed by atoms with Crippen LogP contribution < -0.4 is 10.6 Å². The molecule has 2 fully saturated rings. The van der Waals surface area contributed by atoms with E-state index in [0.29, 0.717) is 46.4 Å². The zero-order valence-electron chi connectivity index (χ0n) is 23.7. The number of likely N-dealkylation sites (tertiary alicyclic amines) is 1. The Morgan fingerprint density at radius 3 is 2.77 bits per heavy atom. The van der Waals surface area contributed by atoms with E-state index in [2.05, 4.69) is 20.1 Å². The second-order valence-corrected chi connectivity index (χ2v) is 13.2. The van der Waals surface area contributed by atoms with Crippen molar-refractivity contribution in [1.29, 1.82) is 0 Å². The Hall–Kier alpha value is -3.50. The van der Waals surface area contributed by atoms with E-state index in [1.807, 2.05) is 12.1 Å². The van der Waals surface area contributed by atoms with E-state index in [0.717, 1.165) is 36.2 Å². The number of benzene rings is 3. The van der Waals surface area contributed by atoms with E-state index in [9.17, 15) is 9.59 Å². The van der Waals surface area contributed by atoms with Gasteiger partial charge in [0.2, 0.25) is 5.91 Å². The minimum absolute atomic E-state index is 0.00687. The van der Waals surface area contributed by atoms with Crippen molar-refractivity contribution in [2.75, 3.05) is 25.0 Å². The van der Waals surface area contributed by atoms with Gasteiger partial charge < -0.3 is 20.3 Å². The first-order valence-electron chi connectivity index (χ1n) is 15.0. The number of carbonyl (C=O) groups is 2. The molecule has 226 valence electrons. The number of hydrogen-bond acceptors (Lipinski definition) is 5. The lowest BCUT2D eigenvalue weighted by Crippen LogP contribution is -2.53. The number of fused-ring (bicyclic) bond motifs is 7. The molecule has 0 radical (unpaired) electrons. The van der Waals surface area contributed by atoms with Crippen molar-refractivity contribution in [2.45, 2.75) is 49.2 Å². The van der Waals surface area contributed by atoms with Gasteiger partial charge in [0.15, 0.2) is 0 Å². The minimum atomic E-state index is -1.20. The monoisotopic (exact) mass is 633 g/mol. The molecule has 3 aliphatic heterocycles. The number of amides is 2. The average molecular weight is 635 g/mol. The summed E-state index contributed by atoms with van der Waals surface area (Å²) in [5, 5.41) is 15.5. The Bertz CT molecular complexity index is 1860. The molecule has 1 saturated heterocycles. The second-order valence-electron chi connectivity index (χ2n) is 12.3. The van der Waals surface area contributed by atoms with Gasteiger partial charge in [0.1, 0.15) is 17.2 Å². The van der Waals surface area contributed by atoms with E-state index in [1.54, 1.807) is 36.4 Å². The Labute approximate surface area is 263 Å². The summed E-state index contributed by atoms with van der Waals surface area (Å²) in [7, 11) is 0. The summed E-state index contributed by atoms with van der Waals surface area (Å²) in [5.41, 5.74) is 2.58. The van der Waals surface area contributed by atoms with Crippen LogP contribution in [0.4, 0.5) is 10.1 Å². The van der Waals surface area contributed by atoms with Crippen LogP contribution in [-0.4, -0.2) is 57.1 Å². The lowest BCUT2D eigenvalue weighted by Gasteiger charge is -2.40. The SMILES string of the molecule is O=C(NCCO)c1ccc2c(c1)nc1n2CC[C@H]2[C@@H]1[C@H](c1cccc(Cl)c1F)[C@]1(C(=O)Nc3cc(Cl)ccc31)N2CC1CC1. The van der Waals surface area contributed by atoms with Crippen LogP contribution in [0.5, 0.6) is 0 Å². The predicted octanol–water partition coefficient (Wildman–Crippen LogP) is 5.42. The zero-order chi connectivity index (χ0) is 30.3. The number of hydrogen-bond donors (Lipinski definition) is 3. The normalized spacial score (nSPS) is 25.6. The van der Waals surface area contributed by atoms with Crippen LogP contribution in [0.25, 0.3) is 11.0 Å². The van der Waals surface area contributed by atoms with Crippen molar-refractivity contribution < 1.29 is 19.1 Å². The first kappa shape index (κ1) is 28.0. The van der Waals surface area contributed by atoms with E-state index >= 15 is 4.39 Å². The molecule has 3 aromatic carbocycles. The number of carbonyl (C=O) groups excluding carboxylic acids is 2. The number of aryl methyl sites for hydroxylation is 1. The number of imidazole rings is 1. The zero-order valence-corrected chi connectivity index (χ0v) is 25.2. The van der Waals surface area contributed by atoms with E-state index in [1.165, 1.54) is 6.07 Å². The van der Waals surface area contributed by atoms with Gasteiger partial charge in [-0.2, -0.15) is 0 Å². The predicted molar refractivity (Wildman–Crippen MR) is 166 cm³/mol. The number of anilines is 1. The Balaban J connectivity index is 1.37. The van der Waals surface area contributed by atoms with Crippen LogP contribution in [0.3, 0.4) is 0 Å². The summed E-state index contributed by atoms with van der Waals surface area (Å²) in [5.74, 6) is -0.784. The molecule has 8 rings (SSSR count). The summed E-state index contributed by atoms with van der Waals surface area (Å²) in [6.07, 6.45) is 2.93. The molecule has 8 nitrogen and oxygen atoms in total. The minimum Gasteiger partial charge on any atom is -0.395 e. The molecule has 4 aliphatic rings. The molecule has 1 aromatic heterocycles. The quantitative estimate of drug-likeness (QED) is 0.263. The Morgan fingerprint density at radius 1 is 1.14 bits per heavy atom. The highest BCUT2D eigenvalue weighted by Gasteiger charge is 2.69. The van der Waals surface area contributed by atoms with Crippen molar-refractivity contribution in [3.05, 3.63) is 93.0 Å². The molecule has 1 spiro atoms. The van der Waals surface area contributed by atoms with Crippen molar-refractivity contribution in [3.63, 3.8) is 0 Å². The third-order valence-electron chi connectivity index (χ3n) is 9.92. The third-order valence-corrected chi connectivity index (χ3v) is 10.4. The second kappa shape index (κ2) is 10.3.